The summed E-state index contributed by atoms with van der Waals surface area (Å²) in [5, 5.41) is 10.4. The van der Waals surface area contributed by atoms with Crippen molar-refractivity contribution in [3.05, 3.63) is 46.5 Å². The molecule has 1 aromatic carbocycles. The van der Waals surface area contributed by atoms with E-state index in [4.69, 9.17) is 0 Å². The van der Waals surface area contributed by atoms with Crippen molar-refractivity contribution in [2.75, 3.05) is 6.54 Å². The Kier molecular flexibility index (Phi) is 7.09. The molecular weight excluding hydrogens is 359 g/mol. The van der Waals surface area contributed by atoms with E-state index >= 15 is 0 Å². The number of ether oxygens (including phenoxy) is 1. The van der Waals surface area contributed by atoms with Gasteiger partial charge in [-0.2, -0.15) is 13.9 Å². The summed E-state index contributed by atoms with van der Waals surface area (Å²) in [5.74, 6) is -0.394. The summed E-state index contributed by atoms with van der Waals surface area (Å²) in [7, 11) is 1.86. The molecule has 2 N–H and O–H groups in total. The molecule has 6 nitrogen and oxygen atoms in total. The minimum Gasteiger partial charge on any atom is -0.434 e. The summed E-state index contributed by atoms with van der Waals surface area (Å²) < 4.78 is 45.3. The van der Waals surface area contributed by atoms with Crippen LogP contribution in [0, 0.1) is 19.7 Å². The Bertz CT molecular complexity index is 805. The van der Waals surface area contributed by atoms with Gasteiger partial charge >= 0.3 is 6.61 Å². The van der Waals surface area contributed by atoms with Crippen LogP contribution in [0.3, 0.4) is 0 Å². The van der Waals surface area contributed by atoms with Gasteiger partial charge in [0.25, 0.3) is 0 Å². The Morgan fingerprint density at radius 2 is 2.00 bits per heavy atom. The van der Waals surface area contributed by atoms with Crippen LogP contribution in [0.25, 0.3) is 0 Å². The highest BCUT2D eigenvalue weighted by molar-refractivity contribution is 5.79. The van der Waals surface area contributed by atoms with Crippen LogP contribution in [-0.4, -0.2) is 28.9 Å². The van der Waals surface area contributed by atoms with E-state index in [1.165, 1.54) is 18.2 Å². The molecule has 1 aromatic heterocycles. The largest absolute Gasteiger partial charge is 0.434 e. The lowest BCUT2D eigenvalue weighted by Gasteiger charge is -2.15. The van der Waals surface area contributed by atoms with Gasteiger partial charge in [0.15, 0.2) is 5.96 Å². The molecule has 1 heterocycles. The van der Waals surface area contributed by atoms with Crippen molar-refractivity contribution < 1.29 is 17.9 Å². The van der Waals surface area contributed by atoms with E-state index in [0.717, 1.165) is 17.0 Å². The highest BCUT2D eigenvalue weighted by atomic mass is 19.3. The van der Waals surface area contributed by atoms with Gasteiger partial charge in [-0.15, -0.1) is 0 Å². The molecule has 0 aliphatic carbocycles. The molecule has 0 saturated heterocycles. The predicted octanol–water partition coefficient (Wildman–Crippen LogP) is 3.03. The van der Waals surface area contributed by atoms with Crippen LogP contribution >= 0.6 is 0 Å². The summed E-state index contributed by atoms with van der Waals surface area (Å²) in [5.41, 5.74) is 2.91. The van der Waals surface area contributed by atoms with Crippen LogP contribution in [0.5, 0.6) is 5.75 Å². The first-order valence-electron chi connectivity index (χ1n) is 8.56. The van der Waals surface area contributed by atoms with Gasteiger partial charge in [0.1, 0.15) is 11.6 Å². The number of alkyl halides is 2. The van der Waals surface area contributed by atoms with Gasteiger partial charge < -0.3 is 15.4 Å². The van der Waals surface area contributed by atoms with Crippen LogP contribution in [-0.2, 0) is 20.1 Å². The molecule has 0 spiro atoms. The maximum atomic E-state index is 14.1. The van der Waals surface area contributed by atoms with Crippen molar-refractivity contribution in [3.63, 3.8) is 0 Å². The SMILES string of the molecule is CCNC(=NCc1c(C)nn(C)c1C)NCc1c(F)cccc1OC(F)F. The van der Waals surface area contributed by atoms with Gasteiger partial charge in [-0.1, -0.05) is 6.07 Å². The maximum absolute atomic E-state index is 14.1. The number of aromatic nitrogens is 2. The van der Waals surface area contributed by atoms with Gasteiger partial charge in [0, 0.05) is 37.0 Å². The van der Waals surface area contributed by atoms with E-state index in [-0.39, 0.29) is 17.9 Å². The van der Waals surface area contributed by atoms with Crippen molar-refractivity contribution >= 4 is 5.96 Å². The highest BCUT2D eigenvalue weighted by Gasteiger charge is 2.14. The average Bonchev–Trinajstić information content (AvgIpc) is 2.84. The third-order valence-corrected chi connectivity index (χ3v) is 4.12. The highest BCUT2D eigenvalue weighted by Crippen LogP contribution is 2.23. The van der Waals surface area contributed by atoms with Crippen molar-refractivity contribution in [1.82, 2.24) is 20.4 Å². The monoisotopic (exact) mass is 383 g/mol. The predicted molar refractivity (Wildman–Crippen MR) is 97.4 cm³/mol. The first-order valence-corrected chi connectivity index (χ1v) is 8.56. The van der Waals surface area contributed by atoms with Crippen molar-refractivity contribution in [1.29, 1.82) is 0 Å². The number of nitrogens with one attached hydrogen (secondary N) is 2. The molecular formula is C18H24F3N5O. The second-order valence-electron chi connectivity index (χ2n) is 5.92. The fraction of sp³-hybridized carbons (Fsp3) is 0.444. The smallest absolute Gasteiger partial charge is 0.387 e. The zero-order chi connectivity index (χ0) is 20.0. The van der Waals surface area contributed by atoms with E-state index in [1.807, 2.05) is 27.8 Å². The lowest BCUT2D eigenvalue weighted by Crippen LogP contribution is -2.37. The summed E-state index contributed by atoms with van der Waals surface area (Å²) in [4.78, 5) is 4.48. The number of hydrogen-bond acceptors (Lipinski definition) is 3. The normalized spacial score (nSPS) is 11.8. The lowest BCUT2D eigenvalue weighted by atomic mass is 10.2. The van der Waals surface area contributed by atoms with Crippen LogP contribution < -0.4 is 15.4 Å². The molecule has 2 aromatic rings. The van der Waals surface area contributed by atoms with Crippen molar-refractivity contribution in [2.24, 2.45) is 12.0 Å². The van der Waals surface area contributed by atoms with Crippen LogP contribution in [0.4, 0.5) is 13.2 Å². The molecule has 0 aliphatic heterocycles. The summed E-state index contributed by atoms with van der Waals surface area (Å²) in [6.07, 6.45) is 0. The number of aliphatic imine (C=N–C) groups is 1. The van der Waals surface area contributed by atoms with Gasteiger partial charge in [-0.05, 0) is 32.9 Å². The third kappa shape index (κ3) is 5.38. The number of nitrogens with zero attached hydrogens (tertiary/aromatic N) is 3. The Balaban J connectivity index is 2.15. The number of guanidine groups is 1. The number of benzene rings is 1. The quantitative estimate of drug-likeness (QED) is 0.570. The van der Waals surface area contributed by atoms with Crippen LogP contribution in [0.15, 0.2) is 23.2 Å². The fourth-order valence-corrected chi connectivity index (χ4v) is 2.64. The Morgan fingerprint density at radius 3 is 2.59 bits per heavy atom. The molecule has 0 saturated carbocycles. The van der Waals surface area contributed by atoms with E-state index in [0.29, 0.717) is 19.0 Å². The lowest BCUT2D eigenvalue weighted by molar-refractivity contribution is -0.0506. The zero-order valence-electron chi connectivity index (χ0n) is 15.8. The third-order valence-electron chi connectivity index (χ3n) is 4.12. The number of aryl methyl sites for hydroxylation is 2. The molecule has 148 valence electrons. The first kappa shape index (κ1) is 20.6. The molecule has 0 fully saturated rings. The fourth-order valence-electron chi connectivity index (χ4n) is 2.64. The minimum atomic E-state index is -3.02. The summed E-state index contributed by atoms with van der Waals surface area (Å²) >= 11 is 0. The molecule has 0 unspecified atom stereocenters. The Hall–Kier alpha value is -2.71. The molecule has 27 heavy (non-hydrogen) atoms. The molecule has 0 atom stereocenters. The van der Waals surface area contributed by atoms with E-state index in [2.05, 4.69) is 25.5 Å². The minimum absolute atomic E-state index is 0.0112. The Labute approximate surface area is 156 Å². The van der Waals surface area contributed by atoms with Crippen LogP contribution in [0.1, 0.15) is 29.4 Å². The maximum Gasteiger partial charge on any atom is 0.387 e. The van der Waals surface area contributed by atoms with Gasteiger partial charge in [0.05, 0.1) is 12.2 Å². The zero-order valence-corrected chi connectivity index (χ0v) is 15.8. The van der Waals surface area contributed by atoms with Gasteiger partial charge in [0.2, 0.25) is 0 Å². The molecule has 2 rings (SSSR count). The van der Waals surface area contributed by atoms with Crippen molar-refractivity contribution in [2.45, 2.75) is 40.5 Å². The van der Waals surface area contributed by atoms with Gasteiger partial charge in [-0.25, -0.2) is 9.38 Å². The molecule has 0 bridgehead atoms. The second-order valence-corrected chi connectivity index (χ2v) is 5.92. The Morgan fingerprint density at radius 1 is 1.26 bits per heavy atom. The van der Waals surface area contributed by atoms with E-state index in [1.54, 1.807) is 4.68 Å². The standard InChI is InChI=1S/C18H24F3N5O/c1-5-22-18(23-9-13-11(2)25-26(4)12(13)3)24-10-14-15(19)7-6-8-16(14)27-17(20)21/h6-8,17H,5,9-10H2,1-4H3,(H2,22,23,24). The topological polar surface area (TPSA) is 63.5 Å². The number of rotatable bonds is 7. The van der Waals surface area contributed by atoms with E-state index in [9.17, 15) is 13.2 Å². The first-order chi connectivity index (χ1) is 12.8. The molecule has 0 amide bonds. The second kappa shape index (κ2) is 9.29. The molecule has 9 heteroatoms. The molecule has 0 aliphatic rings. The molecule has 0 radical (unpaired) electrons. The summed E-state index contributed by atoms with van der Waals surface area (Å²) in [6, 6.07) is 3.82. The number of hydrogen-bond donors (Lipinski definition) is 2. The van der Waals surface area contributed by atoms with Crippen LogP contribution in [0.2, 0.25) is 0 Å². The summed E-state index contributed by atoms with van der Waals surface area (Å²) in [6.45, 7) is 3.67. The average molecular weight is 383 g/mol. The number of halogens is 3. The van der Waals surface area contributed by atoms with Crippen molar-refractivity contribution in [3.8, 4) is 5.75 Å². The van der Waals surface area contributed by atoms with Gasteiger partial charge in [-0.3, -0.25) is 4.68 Å². The van der Waals surface area contributed by atoms with E-state index < -0.39 is 12.4 Å².